The average molecular weight is 247 g/mol. The van der Waals surface area contributed by atoms with E-state index in [0.29, 0.717) is 11.3 Å². The molecule has 0 bridgehead atoms. The van der Waals surface area contributed by atoms with Crippen molar-refractivity contribution < 1.29 is 14.8 Å². The molecule has 1 aromatic carbocycles. The van der Waals surface area contributed by atoms with E-state index in [-0.39, 0.29) is 11.4 Å². The third kappa shape index (κ3) is 2.05. The fourth-order valence-electron chi connectivity index (χ4n) is 1.53. The van der Waals surface area contributed by atoms with Crippen molar-refractivity contribution in [1.29, 1.82) is 0 Å². The summed E-state index contributed by atoms with van der Waals surface area (Å²) in [6, 6.07) is 5.70. The maximum atomic E-state index is 10.8. The normalized spacial score (nSPS) is 10.3. The minimum atomic E-state index is -1.10. The van der Waals surface area contributed by atoms with Gasteiger partial charge in [-0.25, -0.2) is 9.48 Å². The lowest BCUT2D eigenvalue weighted by Crippen LogP contribution is -2.01. The second-order valence-corrected chi connectivity index (χ2v) is 3.68. The Bertz CT molecular complexity index is 616. The molecule has 0 saturated carbocycles. The van der Waals surface area contributed by atoms with Crippen molar-refractivity contribution in [2.75, 3.05) is 0 Å². The molecule has 0 aliphatic carbocycles. The molecule has 0 unspecified atom stereocenters. The van der Waals surface area contributed by atoms with E-state index in [1.54, 1.807) is 13.1 Å². The molecule has 0 spiro atoms. The number of aromatic carboxylic acids is 1. The zero-order valence-corrected chi connectivity index (χ0v) is 9.40. The summed E-state index contributed by atoms with van der Waals surface area (Å²) in [4.78, 5) is 20.8. The van der Waals surface area contributed by atoms with Crippen molar-refractivity contribution in [3.05, 3.63) is 51.8 Å². The highest BCUT2D eigenvalue weighted by atomic mass is 16.6. The van der Waals surface area contributed by atoms with Gasteiger partial charge >= 0.3 is 5.97 Å². The van der Waals surface area contributed by atoms with Crippen molar-refractivity contribution in [1.82, 2.24) is 9.78 Å². The zero-order chi connectivity index (χ0) is 13.3. The van der Waals surface area contributed by atoms with Crippen LogP contribution in [0.5, 0.6) is 0 Å². The highest BCUT2D eigenvalue weighted by Crippen LogP contribution is 2.16. The van der Waals surface area contributed by atoms with Gasteiger partial charge in [0.05, 0.1) is 10.6 Å². The lowest BCUT2D eigenvalue weighted by Gasteiger charge is -1.99. The van der Waals surface area contributed by atoms with E-state index in [9.17, 15) is 14.9 Å². The summed E-state index contributed by atoms with van der Waals surface area (Å²) < 4.78 is 1.38. The quantitative estimate of drug-likeness (QED) is 0.658. The first-order valence-corrected chi connectivity index (χ1v) is 5.03. The predicted octanol–water partition coefficient (Wildman–Crippen LogP) is 1.79. The standard InChI is InChI=1S/C11H9N3O4/c1-7-6-13(12-10(7)11(15)16)8-2-4-9(5-3-8)14(17)18/h2-6H,1H3,(H,15,16). The van der Waals surface area contributed by atoms with Gasteiger partial charge < -0.3 is 5.11 Å². The molecule has 1 N–H and O–H groups in total. The number of benzene rings is 1. The number of carbonyl (C=O) groups is 1. The molecule has 1 heterocycles. The average Bonchev–Trinajstić information content (AvgIpc) is 2.71. The number of aryl methyl sites for hydroxylation is 1. The van der Waals surface area contributed by atoms with E-state index in [1.807, 2.05) is 0 Å². The molecule has 0 atom stereocenters. The van der Waals surface area contributed by atoms with Crippen LogP contribution in [0, 0.1) is 17.0 Å². The Morgan fingerprint density at radius 3 is 2.44 bits per heavy atom. The summed E-state index contributed by atoms with van der Waals surface area (Å²) in [5, 5.41) is 23.3. The number of non-ortho nitro benzene ring substituents is 1. The highest BCUT2D eigenvalue weighted by molar-refractivity contribution is 5.86. The molecule has 0 amide bonds. The Kier molecular flexibility index (Phi) is 2.80. The molecule has 0 saturated heterocycles. The van der Waals surface area contributed by atoms with Gasteiger partial charge in [0, 0.05) is 23.9 Å². The maximum Gasteiger partial charge on any atom is 0.356 e. The monoisotopic (exact) mass is 247 g/mol. The summed E-state index contributed by atoms with van der Waals surface area (Å²) in [7, 11) is 0. The fraction of sp³-hybridized carbons (Fsp3) is 0.0909. The van der Waals surface area contributed by atoms with Gasteiger partial charge in [0.15, 0.2) is 5.69 Å². The number of aromatic nitrogens is 2. The minimum absolute atomic E-state index is 0.0268. The fourth-order valence-corrected chi connectivity index (χ4v) is 1.53. The molecule has 0 aliphatic rings. The van der Waals surface area contributed by atoms with Crippen molar-refractivity contribution in [3.63, 3.8) is 0 Å². The summed E-state index contributed by atoms with van der Waals surface area (Å²) in [5.41, 5.74) is 1.03. The first kappa shape index (κ1) is 11.8. The SMILES string of the molecule is Cc1cn(-c2ccc([N+](=O)[O-])cc2)nc1C(=O)O. The Balaban J connectivity index is 2.40. The molecule has 2 rings (SSSR count). The van der Waals surface area contributed by atoms with Gasteiger partial charge in [0.25, 0.3) is 5.69 Å². The zero-order valence-electron chi connectivity index (χ0n) is 9.40. The molecular formula is C11H9N3O4. The van der Waals surface area contributed by atoms with E-state index in [2.05, 4.69) is 5.10 Å². The van der Waals surface area contributed by atoms with Gasteiger partial charge in [-0.3, -0.25) is 10.1 Å². The van der Waals surface area contributed by atoms with E-state index < -0.39 is 10.9 Å². The van der Waals surface area contributed by atoms with Crippen molar-refractivity contribution in [2.45, 2.75) is 6.92 Å². The lowest BCUT2D eigenvalue weighted by atomic mass is 10.3. The van der Waals surface area contributed by atoms with E-state index in [4.69, 9.17) is 5.11 Å². The van der Waals surface area contributed by atoms with Crippen LogP contribution in [0.3, 0.4) is 0 Å². The van der Waals surface area contributed by atoms with E-state index >= 15 is 0 Å². The lowest BCUT2D eigenvalue weighted by molar-refractivity contribution is -0.384. The molecular weight excluding hydrogens is 238 g/mol. The highest BCUT2D eigenvalue weighted by Gasteiger charge is 2.13. The van der Waals surface area contributed by atoms with Crippen molar-refractivity contribution >= 4 is 11.7 Å². The Hall–Kier alpha value is -2.70. The molecule has 18 heavy (non-hydrogen) atoms. The summed E-state index contributed by atoms with van der Waals surface area (Å²) >= 11 is 0. The van der Waals surface area contributed by atoms with Gasteiger partial charge in [0.2, 0.25) is 0 Å². The maximum absolute atomic E-state index is 10.8. The Morgan fingerprint density at radius 2 is 2.00 bits per heavy atom. The molecule has 7 heteroatoms. The van der Waals surface area contributed by atoms with Crippen LogP contribution < -0.4 is 0 Å². The van der Waals surface area contributed by atoms with Crippen LogP contribution in [-0.4, -0.2) is 25.8 Å². The van der Waals surface area contributed by atoms with Gasteiger partial charge in [0.1, 0.15) is 0 Å². The van der Waals surface area contributed by atoms with E-state index in [0.717, 1.165) is 0 Å². The minimum Gasteiger partial charge on any atom is -0.476 e. The largest absolute Gasteiger partial charge is 0.476 e. The van der Waals surface area contributed by atoms with Crippen LogP contribution >= 0.6 is 0 Å². The van der Waals surface area contributed by atoms with Crippen LogP contribution in [0.4, 0.5) is 5.69 Å². The Labute approximate surface area is 101 Å². The predicted molar refractivity (Wildman–Crippen MR) is 61.9 cm³/mol. The molecule has 0 radical (unpaired) electrons. The molecule has 7 nitrogen and oxygen atoms in total. The van der Waals surface area contributed by atoms with Gasteiger partial charge in [-0.2, -0.15) is 5.10 Å². The summed E-state index contributed by atoms with van der Waals surface area (Å²) in [6.07, 6.45) is 1.56. The molecule has 0 aliphatic heterocycles. The van der Waals surface area contributed by atoms with Crippen molar-refractivity contribution in [3.8, 4) is 5.69 Å². The summed E-state index contributed by atoms with van der Waals surface area (Å²) in [6.45, 7) is 1.64. The van der Waals surface area contributed by atoms with Crippen LogP contribution in [0.25, 0.3) is 5.69 Å². The number of carboxylic acids is 1. The molecule has 0 fully saturated rings. The molecule has 2 aromatic rings. The second kappa shape index (κ2) is 4.28. The van der Waals surface area contributed by atoms with Gasteiger partial charge in [-0.15, -0.1) is 0 Å². The van der Waals surface area contributed by atoms with Crippen LogP contribution in [0.2, 0.25) is 0 Å². The first-order chi connectivity index (χ1) is 8.49. The number of nitrogens with zero attached hydrogens (tertiary/aromatic N) is 3. The number of nitro benzene ring substituents is 1. The topological polar surface area (TPSA) is 98.3 Å². The smallest absolute Gasteiger partial charge is 0.356 e. The number of rotatable bonds is 3. The first-order valence-electron chi connectivity index (χ1n) is 5.03. The van der Waals surface area contributed by atoms with Crippen LogP contribution in [0.15, 0.2) is 30.5 Å². The van der Waals surface area contributed by atoms with Crippen LogP contribution in [-0.2, 0) is 0 Å². The second-order valence-electron chi connectivity index (χ2n) is 3.68. The number of carboxylic acid groups (broad SMARTS) is 1. The number of hydrogen-bond donors (Lipinski definition) is 1. The summed E-state index contributed by atoms with van der Waals surface area (Å²) in [5.74, 6) is -1.10. The van der Waals surface area contributed by atoms with E-state index in [1.165, 1.54) is 28.9 Å². The van der Waals surface area contributed by atoms with Gasteiger partial charge in [-0.05, 0) is 19.1 Å². The molecule has 1 aromatic heterocycles. The third-order valence-electron chi connectivity index (χ3n) is 2.42. The van der Waals surface area contributed by atoms with Gasteiger partial charge in [-0.1, -0.05) is 0 Å². The Morgan fingerprint density at radius 1 is 1.39 bits per heavy atom. The number of nitro groups is 1. The van der Waals surface area contributed by atoms with Crippen molar-refractivity contribution in [2.24, 2.45) is 0 Å². The number of hydrogen-bond acceptors (Lipinski definition) is 4. The third-order valence-corrected chi connectivity index (χ3v) is 2.42. The molecule has 92 valence electrons. The van der Waals surface area contributed by atoms with Crippen LogP contribution in [0.1, 0.15) is 16.1 Å².